The molecule has 3 aromatic carbocycles. The van der Waals surface area contributed by atoms with Gasteiger partial charge in [-0.2, -0.15) is 0 Å². The Morgan fingerprint density at radius 1 is 0.943 bits per heavy atom. The molecule has 0 amide bonds. The van der Waals surface area contributed by atoms with Crippen LogP contribution >= 0.6 is 0 Å². The van der Waals surface area contributed by atoms with E-state index in [1.54, 1.807) is 35.3 Å². The monoisotopic (exact) mass is 467 g/mol. The van der Waals surface area contributed by atoms with Crippen molar-refractivity contribution in [3.05, 3.63) is 113 Å². The lowest BCUT2D eigenvalue weighted by Crippen LogP contribution is -2.06. The van der Waals surface area contributed by atoms with E-state index in [0.29, 0.717) is 29.2 Å². The highest BCUT2D eigenvalue weighted by molar-refractivity contribution is 6.02. The molecule has 0 radical (unpaired) electrons. The van der Waals surface area contributed by atoms with Crippen molar-refractivity contribution in [2.45, 2.75) is 13.2 Å². The Morgan fingerprint density at radius 2 is 1.77 bits per heavy atom. The van der Waals surface area contributed by atoms with Gasteiger partial charge in [0.15, 0.2) is 0 Å². The van der Waals surface area contributed by atoms with Gasteiger partial charge in [-0.15, -0.1) is 5.10 Å². The van der Waals surface area contributed by atoms with Gasteiger partial charge in [0.05, 0.1) is 19.0 Å². The predicted octanol–water partition coefficient (Wildman–Crippen LogP) is 5.56. The van der Waals surface area contributed by atoms with Crippen LogP contribution in [0.5, 0.6) is 5.75 Å². The summed E-state index contributed by atoms with van der Waals surface area (Å²) in [5.74, 6) is 0.206. The second-order valence-electron chi connectivity index (χ2n) is 8.10. The van der Waals surface area contributed by atoms with Crippen LogP contribution in [0.1, 0.15) is 11.3 Å². The van der Waals surface area contributed by atoms with Gasteiger partial charge in [0, 0.05) is 28.5 Å². The Morgan fingerprint density at radius 3 is 2.60 bits per heavy atom. The van der Waals surface area contributed by atoms with Crippen molar-refractivity contribution in [3.8, 4) is 16.9 Å². The van der Waals surface area contributed by atoms with Crippen LogP contribution in [0.2, 0.25) is 0 Å². The molecule has 0 fully saturated rings. The van der Waals surface area contributed by atoms with Gasteiger partial charge in [0.2, 0.25) is 0 Å². The molecule has 6 rings (SSSR count). The lowest BCUT2D eigenvalue weighted by atomic mass is 10.0. The molecular weight excluding hydrogens is 449 g/mol. The molecule has 0 bridgehead atoms. The fourth-order valence-electron chi connectivity index (χ4n) is 4.06. The molecule has 0 aliphatic heterocycles. The maximum absolute atomic E-state index is 13.1. The van der Waals surface area contributed by atoms with Crippen LogP contribution in [0.25, 0.3) is 33.1 Å². The van der Waals surface area contributed by atoms with Crippen LogP contribution in [0, 0.1) is 5.82 Å². The lowest BCUT2D eigenvalue weighted by molar-refractivity contribution is 0.300. The second kappa shape index (κ2) is 8.57. The zero-order valence-electron chi connectivity index (χ0n) is 18.3. The van der Waals surface area contributed by atoms with Gasteiger partial charge >= 0.3 is 5.63 Å². The van der Waals surface area contributed by atoms with Crippen LogP contribution in [-0.2, 0) is 13.2 Å². The van der Waals surface area contributed by atoms with E-state index in [0.717, 1.165) is 27.5 Å². The second-order valence-corrected chi connectivity index (χ2v) is 8.10. The van der Waals surface area contributed by atoms with Crippen LogP contribution in [-0.4, -0.2) is 15.0 Å². The van der Waals surface area contributed by atoms with E-state index in [4.69, 9.17) is 13.6 Å². The summed E-state index contributed by atoms with van der Waals surface area (Å²) in [6.45, 7) is 0.495. The summed E-state index contributed by atoms with van der Waals surface area (Å²) in [7, 11) is 0. The first-order chi connectivity index (χ1) is 17.1. The first kappa shape index (κ1) is 20.9. The molecule has 0 aliphatic rings. The average molecular weight is 467 g/mol. The standard InChI is InChI=1S/C27H18FN3O4/c28-19-6-8-21(9-7-19)33-15-20-14-31(30-29-20)13-18-10-27(32)35-26-12-25-23(11-22(18)26)24(16-34-25)17-4-2-1-3-5-17/h1-12,14,16H,13,15H2. The minimum Gasteiger partial charge on any atom is -0.487 e. The zero-order chi connectivity index (χ0) is 23.8. The molecular formula is C27H18FN3O4. The van der Waals surface area contributed by atoms with Crippen LogP contribution in [0.15, 0.2) is 98.9 Å². The highest BCUT2D eigenvalue weighted by atomic mass is 19.1. The Labute approximate surface area is 198 Å². The van der Waals surface area contributed by atoms with Gasteiger partial charge < -0.3 is 13.6 Å². The minimum atomic E-state index is -0.457. The third kappa shape index (κ3) is 4.17. The number of aromatic nitrogens is 3. The number of rotatable bonds is 6. The Balaban J connectivity index is 1.32. The minimum absolute atomic E-state index is 0.180. The van der Waals surface area contributed by atoms with Gasteiger partial charge in [-0.05, 0) is 41.5 Å². The first-order valence-corrected chi connectivity index (χ1v) is 10.9. The maximum Gasteiger partial charge on any atom is 0.336 e. The number of hydrogen-bond acceptors (Lipinski definition) is 6. The molecule has 0 saturated carbocycles. The fourth-order valence-corrected chi connectivity index (χ4v) is 4.06. The van der Waals surface area contributed by atoms with Crippen LogP contribution < -0.4 is 10.4 Å². The van der Waals surface area contributed by atoms with E-state index in [1.165, 1.54) is 18.2 Å². The van der Waals surface area contributed by atoms with Gasteiger partial charge in [0.1, 0.15) is 35.0 Å². The summed E-state index contributed by atoms with van der Waals surface area (Å²) < 4.78 is 31.5. The molecule has 7 nitrogen and oxygen atoms in total. The molecule has 6 aromatic rings. The summed E-state index contributed by atoms with van der Waals surface area (Å²) in [5.41, 5.74) is 3.96. The summed E-state index contributed by atoms with van der Waals surface area (Å²) in [6.07, 6.45) is 3.46. The quantitative estimate of drug-likeness (QED) is 0.298. The van der Waals surface area contributed by atoms with Gasteiger partial charge in [0.25, 0.3) is 0 Å². The third-order valence-electron chi connectivity index (χ3n) is 5.73. The molecule has 3 aromatic heterocycles. The first-order valence-electron chi connectivity index (χ1n) is 10.9. The largest absolute Gasteiger partial charge is 0.487 e. The van der Waals surface area contributed by atoms with Crippen molar-refractivity contribution in [3.63, 3.8) is 0 Å². The third-order valence-corrected chi connectivity index (χ3v) is 5.73. The topological polar surface area (TPSA) is 83.3 Å². The SMILES string of the molecule is O=c1cc(Cn2cc(COc3ccc(F)cc3)nn2)c2cc3c(-c4ccccc4)coc3cc2o1. The van der Waals surface area contributed by atoms with E-state index in [2.05, 4.69) is 10.3 Å². The highest BCUT2D eigenvalue weighted by Crippen LogP contribution is 2.34. The van der Waals surface area contributed by atoms with E-state index in [9.17, 15) is 9.18 Å². The number of benzene rings is 3. The Kier molecular flexibility index (Phi) is 5.11. The summed E-state index contributed by atoms with van der Waals surface area (Å²) in [5, 5.41) is 10.0. The number of nitrogens with zero attached hydrogens (tertiary/aromatic N) is 3. The van der Waals surface area contributed by atoms with Crippen molar-refractivity contribution in [2.75, 3.05) is 0 Å². The number of furan rings is 1. The smallest absolute Gasteiger partial charge is 0.336 e. The molecule has 0 unspecified atom stereocenters. The molecule has 8 heteroatoms. The molecule has 3 heterocycles. The zero-order valence-corrected chi connectivity index (χ0v) is 18.3. The predicted molar refractivity (Wildman–Crippen MR) is 128 cm³/mol. The van der Waals surface area contributed by atoms with Gasteiger partial charge in [-0.1, -0.05) is 35.5 Å². The normalized spacial score (nSPS) is 11.3. The summed E-state index contributed by atoms with van der Waals surface area (Å²) in [4.78, 5) is 12.3. The van der Waals surface area contributed by atoms with Crippen molar-refractivity contribution >= 4 is 21.9 Å². The van der Waals surface area contributed by atoms with Crippen molar-refractivity contribution in [2.24, 2.45) is 0 Å². The molecule has 0 saturated heterocycles. The van der Waals surface area contributed by atoms with Crippen LogP contribution in [0.3, 0.4) is 0 Å². The van der Waals surface area contributed by atoms with Crippen molar-refractivity contribution < 1.29 is 18.0 Å². The number of ether oxygens (including phenoxy) is 1. The molecule has 35 heavy (non-hydrogen) atoms. The van der Waals surface area contributed by atoms with Crippen molar-refractivity contribution in [1.29, 1.82) is 0 Å². The van der Waals surface area contributed by atoms with E-state index in [-0.39, 0.29) is 12.4 Å². The molecule has 0 spiro atoms. The Hall–Kier alpha value is -4.72. The van der Waals surface area contributed by atoms with Gasteiger partial charge in [-0.3, -0.25) is 0 Å². The molecule has 0 N–H and O–H groups in total. The van der Waals surface area contributed by atoms with E-state index < -0.39 is 5.63 Å². The van der Waals surface area contributed by atoms with Crippen molar-refractivity contribution in [1.82, 2.24) is 15.0 Å². The summed E-state index contributed by atoms with van der Waals surface area (Å²) in [6, 6.07) is 20.9. The Bertz CT molecular complexity index is 1700. The number of halogens is 1. The highest BCUT2D eigenvalue weighted by Gasteiger charge is 2.14. The molecule has 0 atom stereocenters. The molecule has 172 valence electrons. The van der Waals surface area contributed by atoms with Crippen LogP contribution in [0.4, 0.5) is 4.39 Å². The van der Waals surface area contributed by atoms with E-state index >= 15 is 0 Å². The fraction of sp³-hybridized carbons (Fsp3) is 0.0741. The molecule has 0 aliphatic carbocycles. The summed E-state index contributed by atoms with van der Waals surface area (Å²) >= 11 is 0. The van der Waals surface area contributed by atoms with Gasteiger partial charge in [-0.25, -0.2) is 13.9 Å². The number of fused-ring (bicyclic) bond motifs is 2. The number of hydrogen-bond donors (Lipinski definition) is 0. The maximum atomic E-state index is 13.1. The average Bonchev–Trinajstić information content (AvgIpc) is 3.49. The van der Waals surface area contributed by atoms with E-state index in [1.807, 2.05) is 36.4 Å². The lowest BCUT2D eigenvalue weighted by Gasteiger charge is -2.06.